The second-order valence-electron chi connectivity index (χ2n) is 23.1. The van der Waals surface area contributed by atoms with Gasteiger partial charge in [-0.25, -0.2) is 0 Å². The Morgan fingerprint density at radius 1 is 0.468 bits per heavy atom. The van der Waals surface area contributed by atoms with Crippen LogP contribution in [0, 0.1) is 0 Å². The number of hydrogen-bond acceptors (Lipinski definition) is 6. The number of quaternary nitrogens is 1. The van der Waals surface area contributed by atoms with E-state index in [1.165, 1.54) is 199 Å². The summed E-state index contributed by atoms with van der Waals surface area (Å²) < 4.78 is 23.4. The van der Waals surface area contributed by atoms with Gasteiger partial charge in [-0.1, -0.05) is 285 Å². The number of allylic oxidation sites excluding steroid dienone is 13. The second kappa shape index (κ2) is 58.3. The van der Waals surface area contributed by atoms with E-state index in [4.69, 9.17) is 9.05 Å². The summed E-state index contributed by atoms with van der Waals surface area (Å²) in [4.78, 5) is 25.6. The van der Waals surface area contributed by atoms with Gasteiger partial charge in [0.25, 0.3) is 7.82 Å². The van der Waals surface area contributed by atoms with Gasteiger partial charge in [0, 0.05) is 6.42 Å². The maximum absolute atomic E-state index is 13.0. The molecular formula is C68H125N2O6P. The lowest BCUT2D eigenvalue weighted by molar-refractivity contribution is -0.870. The van der Waals surface area contributed by atoms with Gasteiger partial charge in [-0.05, 0) is 83.5 Å². The highest BCUT2D eigenvalue weighted by atomic mass is 31.2. The number of carbonyl (C=O) groups excluding carboxylic acids is 1. The SMILES string of the molecule is CC/C=C\C/C=C\C/C=C\C/C=C\CCCCCCCCCCCCCCCCCCCCCCC(=O)NC(COP(=O)([O-])OCC[N+](C)(C)C)C(O)/C=C/CC/C=C/CC/C=C/CCCCCCCCCCCCCC. The molecule has 77 heavy (non-hydrogen) atoms. The van der Waals surface area contributed by atoms with Gasteiger partial charge in [0.2, 0.25) is 5.91 Å². The minimum absolute atomic E-state index is 0.0103. The van der Waals surface area contributed by atoms with Crippen LogP contribution in [0.1, 0.15) is 290 Å². The molecule has 0 aromatic carbocycles. The number of hydrogen-bond donors (Lipinski definition) is 2. The number of phosphoric acid groups is 1. The van der Waals surface area contributed by atoms with Crippen LogP contribution in [0.15, 0.2) is 85.1 Å². The zero-order valence-corrected chi connectivity index (χ0v) is 52.0. The van der Waals surface area contributed by atoms with Gasteiger partial charge in [0.15, 0.2) is 0 Å². The van der Waals surface area contributed by atoms with Gasteiger partial charge in [0.05, 0.1) is 39.9 Å². The van der Waals surface area contributed by atoms with E-state index in [2.05, 4.69) is 92.1 Å². The summed E-state index contributed by atoms with van der Waals surface area (Å²) in [6.07, 6.45) is 82.6. The summed E-state index contributed by atoms with van der Waals surface area (Å²) in [6.45, 7) is 4.53. The molecule has 0 aliphatic heterocycles. The van der Waals surface area contributed by atoms with Crippen LogP contribution in [0.25, 0.3) is 0 Å². The lowest BCUT2D eigenvalue weighted by atomic mass is 10.0. The molecule has 0 aromatic heterocycles. The molecular weight excluding hydrogens is 972 g/mol. The minimum atomic E-state index is -4.62. The fraction of sp³-hybridized carbons (Fsp3) is 0.779. The lowest BCUT2D eigenvalue weighted by Crippen LogP contribution is -2.45. The van der Waals surface area contributed by atoms with Crippen molar-refractivity contribution in [2.45, 2.75) is 302 Å². The number of aliphatic hydroxyl groups excluding tert-OH is 1. The number of aliphatic hydroxyl groups is 1. The highest BCUT2D eigenvalue weighted by Crippen LogP contribution is 2.38. The topological polar surface area (TPSA) is 108 Å². The van der Waals surface area contributed by atoms with E-state index in [1.54, 1.807) is 6.08 Å². The molecule has 3 atom stereocenters. The summed E-state index contributed by atoms with van der Waals surface area (Å²) in [7, 11) is 1.24. The first-order chi connectivity index (χ1) is 37.5. The Kier molecular flexibility index (Phi) is 56.6. The molecule has 9 heteroatoms. The van der Waals surface area contributed by atoms with Gasteiger partial charge in [-0.15, -0.1) is 0 Å². The molecule has 0 rings (SSSR count). The Balaban J connectivity index is 4.12. The first-order valence-corrected chi connectivity index (χ1v) is 33.9. The summed E-state index contributed by atoms with van der Waals surface area (Å²) in [5.41, 5.74) is 0. The maximum atomic E-state index is 13.0. The van der Waals surface area contributed by atoms with Crippen molar-refractivity contribution in [2.75, 3.05) is 40.9 Å². The van der Waals surface area contributed by atoms with Crippen molar-refractivity contribution in [1.82, 2.24) is 5.32 Å². The predicted molar refractivity (Wildman–Crippen MR) is 334 cm³/mol. The average molecular weight is 1100 g/mol. The van der Waals surface area contributed by atoms with Gasteiger partial charge >= 0.3 is 0 Å². The van der Waals surface area contributed by atoms with Gasteiger partial charge in [0.1, 0.15) is 13.2 Å². The third-order valence-corrected chi connectivity index (χ3v) is 15.3. The Hall–Kier alpha value is -2.32. The van der Waals surface area contributed by atoms with Crippen LogP contribution in [-0.2, 0) is 18.4 Å². The van der Waals surface area contributed by atoms with Crippen LogP contribution in [0.5, 0.6) is 0 Å². The van der Waals surface area contributed by atoms with Gasteiger partial charge < -0.3 is 28.8 Å². The molecule has 0 aromatic rings. The van der Waals surface area contributed by atoms with Gasteiger partial charge in [-0.2, -0.15) is 0 Å². The summed E-state index contributed by atoms with van der Waals surface area (Å²) in [6, 6.07) is -0.913. The Morgan fingerprint density at radius 3 is 1.21 bits per heavy atom. The zero-order valence-electron chi connectivity index (χ0n) is 51.1. The molecule has 3 unspecified atom stereocenters. The monoisotopic (exact) mass is 1100 g/mol. The van der Waals surface area contributed by atoms with Crippen LogP contribution >= 0.6 is 7.82 Å². The van der Waals surface area contributed by atoms with E-state index in [0.29, 0.717) is 17.4 Å². The van der Waals surface area contributed by atoms with E-state index in [-0.39, 0.29) is 12.5 Å². The predicted octanol–water partition coefficient (Wildman–Crippen LogP) is 19.7. The number of phosphoric ester groups is 1. The summed E-state index contributed by atoms with van der Waals surface area (Å²) >= 11 is 0. The molecule has 0 aliphatic rings. The van der Waals surface area contributed by atoms with Crippen molar-refractivity contribution < 1.29 is 32.9 Å². The Bertz CT molecular complexity index is 1530. The fourth-order valence-corrected chi connectivity index (χ4v) is 10.0. The molecule has 1 amide bonds. The molecule has 0 saturated carbocycles. The number of nitrogens with one attached hydrogen (secondary N) is 1. The van der Waals surface area contributed by atoms with E-state index in [9.17, 15) is 19.4 Å². The molecule has 2 N–H and O–H groups in total. The lowest BCUT2D eigenvalue weighted by Gasteiger charge is -2.29. The van der Waals surface area contributed by atoms with E-state index >= 15 is 0 Å². The largest absolute Gasteiger partial charge is 0.756 e. The van der Waals surface area contributed by atoms with Crippen molar-refractivity contribution >= 4 is 13.7 Å². The number of nitrogens with zero attached hydrogens (tertiary/aromatic N) is 1. The van der Waals surface area contributed by atoms with Crippen molar-refractivity contribution in [2.24, 2.45) is 0 Å². The van der Waals surface area contributed by atoms with Crippen LogP contribution in [0.4, 0.5) is 0 Å². The van der Waals surface area contributed by atoms with Crippen LogP contribution in [0.3, 0.4) is 0 Å². The van der Waals surface area contributed by atoms with Crippen LogP contribution < -0.4 is 10.2 Å². The molecule has 0 aliphatic carbocycles. The van der Waals surface area contributed by atoms with Crippen LogP contribution in [-0.4, -0.2) is 68.5 Å². The molecule has 0 bridgehead atoms. The third-order valence-electron chi connectivity index (χ3n) is 14.3. The summed E-state index contributed by atoms with van der Waals surface area (Å²) in [5.74, 6) is -0.209. The molecule has 0 radical (unpaired) electrons. The van der Waals surface area contributed by atoms with E-state index < -0.39 is 26.6 Å². The molecule has 0 saturated heterocycles. The highest BCUT2D eigenvalue weighted by molar-refractivity contribution is 7.45. The molecule has 448 valence electrons. The Morgan fingerprint density at radius 2 is 0.805 bits per heavy atom. The number of amides is 1. The van der Waals surface area contributed by atoms with Crippen molar-refractivity contribution in [3.63, 3.8) is 0 Å². The molecule has 8 nitrogen and oxygen atoms in total. The minimum Gasteiger partial charge on any atom is -0.756 e. The number of carbonyl (C=O) groups is 1. The number of likely N-dealkylation sites (N-methyl/N-ethyl adjacent to an activating group) is 1. The van der Waals surface area contributed by atoms with E-state index in [0.717, 1.165) is 70.6 Å². The maximum Gasteiger partial charge on any atom is 0.268 e. The van der Waals surface area contributed by atoms with Crippen molar-refractivity contribution in [3.05, 3.63) is 85.1 Å². The fourth-order valence-electron chi connectivity index (χ4n) is 9.30. The zero-order chi connectivity index (χ0) is 56.3. The average Bonchev–Trinajstić information content (AvgIpc) is 3.39. The van der Waals surface area contributed by atoms with Crippen molar-refractivity contribution in [3.8, 4) is 0 Å². The highest BCUT2D eigenvalue weighted by Gasteiger charge is 2.23. The van der Waals surface area contributed by atoms with Crippen LogP contribution in [0.2, 0.25) is 0 Å². The summed E-state index contributed by atoms with van der Waals surface area (Å²) in [5, 5.41) is 13.9. The quantitative estimate of drug-likeness (QED) is 0.0272. The van der Waals surface area contributed by atoms with Crippen molar-refractivity contribution in [1.29, 1.82) is 0 Å². The normalized spacial score (nSPS) is 14.3. The second-order valence-corrected chi connectivity index (χ2v) is 24.5. The number of rotatable bonds is 59. The molecule has 0 spiro atoms. The first kappa shape index (κ1) is 74.7. The van der Waals surface area contributed by atoms with E-state index in [1.807, 2.05) is 27.2 Å². The smallest absolute Gasteiger partial charge is 0.268 e. The number of unbranched alkanes of at least 4 members (excludes halogenated alkanes) is 34. The first-order valence-electron chi connectivity index (χ1n) is 32.4. The Labute approximate surface area is 477 Å². The third kappa shape index (κ3) is 61.2. The van der Waals surface area contributed by atoms with Gasteiger partial charge in [-0.3, -0.25) is 9.36 Å². The standard InChI is InChI=1S/C68H125N2O6P/c1-6-8-10-12-14-16-18-20-22-24-26-28-30-31-32-33-34-35-36-37-38-39-40-42-44-46-48-50-52-54-56-58-60-62-68(72)69-66(65-76-77(73,74)75-64-63-70(3,4)5)67(71)61-59-57-55-53-51-49-47-45-43-41-29-27-25-23-21-19-17-15-13-11-9-7-2/h8,10,14,16,20,22,26,28,43,45,51,53,59,61,66-67,71H,6-7,9,11-13,15,17-19,21,23-25,27,29-42,44,46-50,52,54-58,60,62-65H2,1-5H3,(H-,69,72,73,74)/b10-8-,16-14-,22-20-,28-26-,45-43+,53-51+,61-59+. The molecule has 0 fully saturated rings. The molecule has 0 heterocycles.